The van der Waals surface area contributed by atoms with Crippen LogP contribution >= 0.6 is 0 Å². The highest BCUT2D eigenvalue weighted by Gasteiger charge is 2.19. The summed E-state index contributed by atoms with van der Waals surface area (Å²) < 4.78 is 20.1. The third-order valence-electron chi connectivity index (χ3n) is 16.7. The molecule has 0 fully saturated rings. The van der Waals surface area contributed by atoms with Gasteiger partial charge in [-0.15, -0.1) is 0 Å². The Balaban J connectivity index is 2.76. The summed E-state index contributed by atoms with van der Waals surface area (Å²) in [6, 6.07) is 4.24. The number of nitrogens with two attached hydrogens (primary N) is 1. The largest absolute Gasteiger partial charge is 0.490 e. The molecule has 9 unspecified atom stereocenters. The molecule has 9 atom stereocenters. The van der Waals surface area contributed by atoms with Crippen LogP contribution in [0.1, 0.15) is 302 Å². The summed E-state index contributed by atoms with van der Waals surface area (Å²) in [6.45, 7) is 38.7. The minimum atomic E-state index is 0.455. The van der Waals surface area contributed by atoms with E-state index >= 15 is 0 Å². The van der Waals surface area contributed by atoms with Crippen molar-refractivity contribution in [1.29, 1.82) is 0 Å². The first-order valence-corrected chi connectivity index (χ1v) is 31.6. The van der Waals surface area contributed by atoms with Gasteiger partial charge in [-0.3, -0.25) is 0 Å². The van der Waals surface area contributed by atoms with Crippen molar-refractivity contribution in [2.45, 2.75) is 303 Å². The number of rotatable bonds is 49. The second-order valence-corrected chi connectivity index (χ2v) is 26.5. The first-order valence-electron chi connectivity index (χ1n) is 31.6. The van der Waals surface area contributed by atoms with Crippen molar-refractivity contribution in [3.05, 3.63) is 17.7 Å². The van der Waals surface area contributed by atoms with Gasteiger partial charge in [0.05, 0.1) is 19.8 Å². The zero-order valence-corrected chi connectivity index (χ0v) is 50.9. The summed E-state index contributed by atoms with van der Waals surface area (Å²) in [6.07, 6.45) is 39.9. The van der Waals surface area contributed by atoms with Gasteiger partial charge in [0.2, 0.25) is 5.75 Å². The van der Waals surface area contributed by atoms with Crippen LogP contribution in [0.2, 0.25) is 0 Å². The Hall–Kier alpha value is -1.42. The van der Waals surface area contributed by atoms with Gasteiger partial charge < -0.3 is 19.9 Å². The van der Waals surface area contributed by atoms with Crippen LogP contribution < -0.4 is 19.9 Å². The van der Waals surface area contributed by atoms with Crippen LogP contribution in [0.5, 0.6) is 17.2 Å². The van der Waals surface area contributed by atoms with Crippen LogP contribution in [-0.2, 0) is 6.54 Å². The van der Waals surface area contributed by atoms with Gasteiger partial charge in [0, 0.05) is 6.54 Å². The molecule has 0 aliphatic carbocycles. The fourth-order valence-electron chi connectivity index (χ4n) is 11.0. The second-order valence-electron chi connectivity index (χ2n) is 26.5. The molecule has 0 saturated carbocycles. The molecule has 0 aliphatic rings. The van der Waals surface area contributed by atoms with Crippen LogP contribution in [0.4, 0.5) is 0 Å². The Morgan fingerprint density at radius 2 is 0.479 bits per heavy atom. The van der Waals surface area contributed by atoms with Crippen molar-refractivity contribution in [2.24, 2.45) is 76.7 Å². The summed E-state index contributed by atoms with van der Waals surface area (Å²) in [5.74, 6) is 11.9. The van der Waals surface area contributed by atoms with Crippen molar-refractivity contribution in [1.82, 2.24) is 0 Å². The normalized spacial score (nSPS) is 16.0. The van der Waals surface area contributed by atoms with Crippen molar-refractivity contribution >= 4 is 0 Å². The zero-order valence-electron chi connectivity index (χ0n) is 50.9. The smallest absolute Gasteiger partial charge is 0.203 e. The van der Waals surface area contributed by atoms with E-state index in [-0.39, 0.29) is 0 Å². The first-order chi connectivity index (χ1) is 33.9. The van der Waals surface area contributed by atoms with E-state index in [1.165, 1.54) is 173 Å². The molecule has 0 aromatic heterocycles. The Bertz CT molecular complexity index is 1270. The second kappa shape index (κ2) is 42.8. The van der Waals surface area contributed by atoms with Gasteiger partial charge in [-0.2, -0.15) is 0 Å². The minimum absolute atomic E-state index is 0.455. The van der Waals surface area contributed by atoms with E-state index < -0.39 is 0 Å². The first kappa shape index (κ1) is 67.6. The van der Waals surface area contributed by atoms with E-state index in [1.54, 1.807) is 0 Å². The van der Waals surface area contributed by atoms with Gasteiger partial charge >= 0.3 is 0 Å². The third kappa shape index (κ3) is 38.7. The van der Waals surface area contributed by atoms with Crippen LogP contribution in [0, 0.1) is 71.0 Å². The van der Waals surface area contributed by atoms with Gasteiger partial charge in [-0.1, -0.05) is 277 Å². The van der Waals surface area contributed by atoms with Crippen molar-refractivity contribution in [3.63, 3.8) is 0 Å². The molecule has 4 nitrogen and oxygen atoms in total. The molecule has 420 valence electrons. The van der Waals surface area contributed by atoms with E-state index in [0.717, 1.165) is 95.3 Å². The van der Waals surface area contributed by atoms with E-state index in [9.17, 15) is 0 Å². The predicted octanol–water partition coefficient (Wildman–Crippen LogP) is 21.7. The molecule has 0 radical (unpaired) electrons. The number of benzene rings is 1. The Morgan fingerprint density at radius 3 is 0.690 bits per heavy atom. The van der Waals surface area contributed by atoms with Gasteiger partial charge in [0.25, 0.3) is 0 Å². The molecule has 2 N–H and O–H groups in total. The van der Waals surface area contributed by atoms with Crippen LogP contribution in [0.15, 0.2) is 12.1 Å². The minimum Gasteiger partial charge on any atom is -0.490 e. The Morgan fingerprint density at radius 1 is 0.282 bits per heavy atom. The molecule has 0 saturated heterocycles. The molecule has 1 aromatic rings. The van der Waals surface area contributed by atoms with Crippen molar-refractivity contribution < 1.29 is 14.2 Å². The number of ether oxygens (including phenoxy) is 3. The van der Waals surface area contributed by atoms with Gasteiger partial charge in [-0.25, -0.2) is 0 Å². The molecule has 0 heterocycles. The van der Waals surface area contributed by atoms with Crippen LogP contribution in [-0.4, -0.2) is 19.8 Å². The molecule has 1 aromatic carbocycles. The lowest BCUT2D eigenvalue weighted by Gasteiger charge is -2.21. The van der Waals surface area contributed by atoms with Crippen LogP contribution in [0.25, 0.3) is 0 Å². The summed E-state index contributed by atoms with van der Waals surface area (Å²) in [4.78, 5) is 0. The number of hydrogen-bond acceptors (Lipinski definition) is 4. The number of hydrogen-bond donors (Lipinski definition) is 1. The molecule has 0 amide bonds. The fraction of sp³-hybridized carbons (Fsp3) is 0.910. The maximum atomic E-state index is 6.74. The predicted molar refractivity (Wildman–Crippen MR) is 316 cm³/mol. The Kier molecular flexibility index (Phi) is 40.7. The molecule has 0 spiro atoms. The lowest BCUT2D eigenvalue weighted by atomic mass is 9.91. The lowest BCUT2D eigenvalue weighted by molar-refractivity contribution is 0.215. The summed E-state index contributed by atoms with van der Waals surface area (Å²) >= 11 is 0. The standard InChI is InChI=1S/C67H129NO3/c1-52(2)25-16-28-55(7)31-19-34-58(10)37-22-40-61(13)43-46-69-65-49-64(51-68)50-66(70-47-44-62(14)41-23-38-59(11)35-20-32-56(8)29-17-26-53(3)4)67(65)71-48-45-63(15)42-24-39-60(12)36-21-33-57(9)30-18-27-54(5)6/h49-50,52-63H,16-48,51,68H2,1-15H3. The van der Waals surface area contributed by atoms with E-state index in [4.69, 9.17) is 19.9 Å². The lowest BCUT2D eigenvalue weighted by Crippen LogP contribution is -2.11. The molecule has 71 heavy (non-hydrogen) atoms. The van der Waals surface area contributed by atoms with Gasteiger partial charge in [0.15, 0.2) is 11.5 Å². The van der Waals surface area contributed by atoms with E-state index in [0.29, 0.717) is 44.1 Å². The SMILES string of the molecule is CC(C)CCCC(C)CCCC(C)CCCC(C)CCOc1cc(CN)cc(OCCC(C)CCCC(C)CCCC(C)CCCC(C)C)c1OCCC(C)CCCC(C)CCCC(C)CCCC(C)C. The van der Waals surface area contributed by atoms with Crippen molar-refractivity contribution in [3.8, 4) is 17.2 Å². The Labute approximate surface area is 446 Å². The zero-order chi connectivity index (χ0) is 52.8. The molecule has 4 heteroatoms. The molecular formula is C67H129NO3. The monoisotopic (exact) mass is 996 g/mol. The molecule has 1 rings (SSSR count). The molecule has 0 aliphatic heterocycles. The van der Waals surface area contributed by atoms with Crippen molar-refractivity contribution in [2.75, 3.05) is 19.8 Å². The molecular weight excluding hydrogens is 867 g/mol. The highest BCUT2D eigenvalue weighted by Crippen LogP contribution is 2.40. The van der Waals surface area contributed by atoms with E-state index in [1.807, 2.05) is 0 Å². The average Bonchev–Trinajstić information content (AvgIpc) is 3.29. The van der Waals surface area contributed by atoms with Gasteiger partial charge in [-0.05, 0) is 108 Å². The fourth-order valence-corrected chi connectivity index (χ4v) is 11.0. The van der Waals surface area contributed by atoms with Crippen LogP contribution in [0.3, 0.4) is 0 Å². The summed E-state index contributed by atoms with van der Waals surface area (Å²) in [5.41, 5.74) is 7.37. The third-order valence-corrected chi connectivity index (χ3v) is 16.7. The maximum absolute atomic E-state index is 6.74. The van der Waals surface area contributed by atoms with E-state index in [2.05, 4.69) is 116 Å². The highest BCUT2D eigenvalue weighted by molar-refractivity contribution is 5.54. The topological polar surface area (TPSA) is 53.7 Å². The summed E-state index contributed by atoms with van der Waals surface area (Å²) in [7, 11) is 0. The summed E-state index contributed by atoms with van der Waals surface area (Å²) in [5, 5.41) is 0. The quantitative estimate of drug-likeness (QED) is 0.0707. The maximum Gasteiger partial charge on any atom is 0.203 e. The van der Waals surface area contributed by atoms with Gasteiger partial charge in [0.1, 0.15) is 0 Å². The average molecular weight is 997 g/mol. The highest BCUT2D eigenvalue weighted by atomic mass is 16.5. The molecule has 0 bridgehead atoms.